The van der Waals surface area contributed by atoms with Crippen molar-refractivity contribution < 1.29 is 22.7 Å². The van der Waals surface area contributed by atoms with Gasteiger partial charge < -0.3 is 15.0 Å². The number of fused-ring (bicyclic) bond motifs is 1. The lowest BCUT2D eigenvalue weighted by Gasteiger charge is -2.30. The summed E-state index contributed by atoms with van der Waals surface area (Å²) in [4.78, 5) is 25.5. The average Bonchev–Trinajstić information content (AvgIpc) is 2.73. The van der Waals surface area contributed by atoms with Gasteiger partial charge in [0.2, 0.25) is 5.91 Å². The number of carbonyl (C=O) groups excluding carboxylic acids is 2. The summed E-state index contributed by atoms with van der Waals surface area (Å²) in [6.07, 6.45) is 2.00. The molecule has 30 heavy (non-hydrogen) atoms. The fraction of sp³-hybridized carbons (Fsp3) is 0.333. The van der Waals surface area contributed by atoms with Crippen molar-refractivity contribution in [3.63, 3.8) is 0 Å². The maximum absolute atomic E-state index is 12.8. The summed E-state index contributed by atoms with van der Waals surface area (Å²) in [6, 6.07) is 11.1. The van der Waals surface area contributed by atoms with Gasteiger partial charge in [0.25, 0.3) is 15.9 Å². The first-order valence-corrected chi connectivity index (χ1v) is 11.2. The van der Waals surface area contributed by atoms with Gasteiger partial charge in [-0.05, 0) is 54.8 Å². The second-order valence-electron chi connectivity index (χ2n) is 6.96. The van der Waals surface area contributed by atoms with E-state index in [1.807, 2.05) is 6.07 Å². The van der Waals surface area contributed by atoms with E-state index in [0.29, 0.717) is 30.0 Å². The van der Waals surface area contributed by atoms with Gasteiger partial charge in [0.1, 0.15) is 6.61 Å². The smallest absolute Gasteiger partial charge is 0.261 e. The number of nitrogens with zero attached hydrogens (tertiary/aromatic N) is 1. The number of nitrogens with one attached hydrogen (secondary N) is 2. The third kappa shape index (κ3) is 4.98. The highest BCUT2D eigenvalue weighted by atomic mass is 32.2. The Morgan fingerprint density at radius 3 is 2.47 bits per heavy atom. The maximum atomic E-state index is 12.8. The fourth-order valence-electron chi connectivity index (χ4n) is 3.28. The van der Waals surface area contributed by atoms with Gasteiger partial charge in [0.15, 0.2) is 0 Å². The minimum atomic E-state index is -3.83. The lowest BCUT2D eigenvalue weighted by molar-refractivity contribution is -0.122. The summed E-state index contributed by atoms with van der Waals surface area (Å²) in [5, 5.41) is 2.68. The molecule has 2 N–H and O–H groups in total. The fourth-order valence-corrected chi connectivity index (χ4v) is 4.33. The van der Waals surface area contributed by atoms with Crippen LogP contribution in [0.15, 0.2) is 47.4 Å². The Balaban J connectivity index is 1.81. The van der Waals surface area contributed by atoms with Crippen molar-refractivity contribution >= 4 is 38.9 Å². The first kappa shape index (κ1) is 21.8. The average molecular weight is 432 g/mol. The van der Waals surface area contributed by atoms with E-state index in [1.54, 1.807) is 36.1 Å². The molecule has 0 aliphatic carbocycles. The molecule has 0 fully saturated rings. The molecule has 0 bridgehead atoms. The van der Waals surface area contributed by atoms with Gasteiger partial charge in [-0.3, -0.25) is 14.3 Å². The van der Waals surface area contributed by atoms with Crippen LogP contribution < -0.4 is 14.9 Å². The number of aryl methyl sites for hydroxylation is 1. The molecule has 0 aromatic heterocycles. The Morgan fingerprint density at radius 1 is 1.10 bits per heavy atom. The molecule has 3 rings (SSSR count). The van der Waals surface area contributed by atoms with E-state index >= 15 is 0 Å². The molecular formula is C21H25N3O5S. The molecule has 1 aliphatic rings. The van der Waals surface area contributed by atoms with Crippen molar-refractivity contribution in [2.24, 2.45) is 0 Å². The van der Waals surface area contributed by atoms with Gasteiger partial charge in [-0.1, -0.05) is 13.0 Å². The van der Waals surface area contributed by atoms with Crippen molar-refractivity contribution in [1.82, 2.24) is 0 Å². The second-order valence-corrected chi connectivity index (χ2v) is 8.64. The van der Waals surface area contributed by atoms with Crippen LogP contribution >= 0.6 is 0 Å². The number of carbonyl (C=O) groups is 2. The molecule has 160 valence electrons. The van der Waals surface area contributed by atoms with E-state index in [0.717, 1.165) is 18.4 Å². The third-order valence-corrected chi connectivity index (χ3v) is 6.19. The lowest BCUT2D eigenvalue weighted by Crippen LogP contribution is -2.37. The summed E-state index contributed by atoms with van der Waals surface area (Å²) >= 11 is 0. The van der Waals surface area contributed by atoms with Crippen LogP contribution in [0, 0.1) is 0 Å². The Labute approximate surface area is 176 Å². The van der Waals surface area contributed by atoms with Gasteiger partial charge in [0, 0.05) is 31.5 Å². The van der Waals surface area contributed by atoms with Crippen LogP contribution in [0.25, 0.3) is 0 Å². The normalized spacial score (nSPS) is 13.5. The lowest BCUT2D eigenvalue weighted by atomic mass is 10.0. The van der Waals surface area contributed by atoms with Crippen LogP contribution in [0.4, 0.5) is 17.1 Å². The van der Waals surface area contributed by atoms with E-state index in [-0.39, 0.29) is 23.3 Å². The molecule has 2 amide bonds. The molecule has 0 radical (unpaired) electrons. The third-order valence-electron chi connectivity index (χ3n) is 4.79. The number of sulfonamides is 1. The molecule has 1 aliphatic heterocycles. The number of ether oxygens (including phenoxy) is 1. The summed E-state index contributed by atoms with van der Waals surface area (Å²) < 4.78 is 33.1. The minimum absolute atomic E-state index is 0.0314. The standard InChI is InChI=1S/C21H25N3O5S/c1-3-20(25)22-16-8-10-18(11-9-16)30(27,28)23-17-7-6-15-5-4-12-24(19(15)13-17)21(26)14-29-2/h6-11,13,23H,3-5,12,14H2,1-2H3,(H,22,25). The number of amides is 2. The molecular weight excluding hydrogens is 406 g/mol. The van der Waals surface area contributed by atoms with Crippen LogP contribution in [-0.2, 0) is 30.8 Å². The molecule has 0 spiro atoms. The number of rotatable bonds is 7. The van der Waals surface area contributed by atoms with E-state index in [4.69, 9.17) is 4.74 Å². The number of methoxy groups -OCH3 is 1. The zero-order valence-electron chi connectivity index (χ0n) is 17.0. The molecule has 2 aromatic rings. The molecule has 2 aromatic carbocycles. The van der Waals surface area contributed by atoms with Crippen molar-refractivity contribution in [2.75, 3.05) is 35.2 Å². The Kier molecular flexibility index (Phi) is 6.73. The molecule has 1 heterocycles. The van der Waals surface area contributed by atoms with Crippen LogP contribution in [0.1, 0.15) is 25.3 Å². The quantitative estimate of drug-likeness (QED) is 0.701. The summed E-state index contributed by atoms with van der Waals surface area (Å²) in [5.41, 5.74) is 2.59. The molecule has 9 heteroatoms. The highest BCUT2D eigenvalue weighted by Gasteiger charge is 2.23. The van der Waals surface area contributed by atoms with E-state index < -0.39 is 10.0 Å². The zero-order valence-corrected chi connectivity index (χ0v) is 17.8. The van der Waals surface area contributed by atoms with Gasteiger partial charge in [0.05, 0.1) is 10.6 Å². The number of anilines is 3. The first-order valence-electron chi connectivity index (χ1n) is 9.69. The number of hydrogen-bond donors (Lipinski definition) is 2. The zero-order chi connectivity index (χ0) is 21.7. The van der Waals surface area contributed by atoms with E-state index in [1.165, 1.54) is 19.2 Å². The van der Waals surface area contributed by atoms with Gasteiger partial charge in [-0.15, -0.1) is 0 Å². The van der Waals surface area contributed by atoms with Crippen LogP contribution in [0.2, 0.25) is 0 Å². The van der Waals surface area contributed by atoms with Crippen molar-refractivity contribution in [1.29, 1.82) is 0 Å². The highest BCUT2D eigenvalue weighted by molar-refractivity contribution is 7.92. The summed E-state index contributed by atoms with van der Waals surface area (Å²) in [5.74, 6) is -0.312. The van der Waals surface area contributed by atoms with Gasteiger partial charge in [-0.2, -0.15) is 0 Å². The number of benzene rings is 2. The topological polar surface area (TPSA) is 105 Å². The Hall–Kier alpha value is -2.91. The van der Waals surface area contributed by atoms with Crippen molar-refractivity contribution in [2.45, 2.75) is 31.1 Å². The monoisotopic (exact) mass is 431 g/mol. The van der Waals surface area contributed by atoms with Crippen LogP contribution in [0.3, 0.4) is 0 Å². The first-order chi connectivity index (χ1) is 14.3. The minimum Gasteiger partial charge on any atom is -0.375 e. The van der Waals surface area contributed by atoms with Gasteiger partial charge in [-0.25, -0.2) is 8.42 Å². The van der Waals surface area contributed by atoms with E-state index in [9.17, 15) is 18.0 Å². The van der Waals surface area contributed by atoms with Crippen LogP contribution in [0.5, 0.6) is 0 Å². The second kappa shape index (κ2) is 9.27. The molecule has 0 atom stereocenters. The molecule has 0 saturated carbocycles. The SMILES string of the molecule is CCC(=O)Nc1ccc(S(=O)(=O)Nc2ccc3c(c2)N(C(=O)COC)CCC3)cc1. The largest absolute Gasteiger partial charge is 0.375 e. The van der Waals surface area contributed by atoms with Crippen molar-refractivity contribution in [3.05, 3.63) is 48.0 Å². The summed E-state index contributed by atoms with van der Waals surface area (Å²) in [6.45, 7) is 2.27. The maximum Gasteiger partial charge on any atom is 0.261 e. The van der Waals surface area contributed by atoms with Crippen molar-refractivity contribution in [3.8, 4) is 0 Å². The number of hydrogen-bond acceptors (Lipinski definition) is 5. The molecule has 0 saturated heterocycles. The summed E-state index contributed by atoms with van der Waals surface area (Å²) in [7, 11) is -2.36. The Bertz CT molecular complexity index is 1040. The van der Waals surface area contributed by atoms with E-state index in [2.05, 4.69) is 10.0 Å². The predicted molar refractivity (Wildman–Crippen MR) is 115 cm³/mol. The van der Waals surface area contributed by atoms with Gasteiger partial charge >= 0.3 is 0 Å². The van der Waals surface area contributed by atoms with Crippen LogP contribution in [-0.4, -0.2) is 40.5 Å². The molecule has 8 nitrogen and oxygen atoms in total. The highest BCUT2D eigenvalue weighted by Crippen LogP contribution is 2.31. The Morgan fingerprint density at radius 2 is 1.80 bits per heavy atom. The predicted octanol–water partition coefficient (Wildman–Crippen LogP) is 2.76. The molecule has 0 unspecified atom stereocenters.